The summed E-state index contributed by atoms with van der Waals surface area (Å²) in [5.74, 6) is 1.67. The van der Waals surface area contributed by atoms with Gasteiger partial charge in [0.1, 0.15) is 0 Å². The minimum Gasteiger partial charge on any atom is -0.339 e. The van der Waals surface area contributed by atoms with Crippen LogP contribution in [0.5, 0.6) is 0 Å². The monoisotopic (exact) mass is 265 g/mol. The number of hydrogen-bond acceptors (Lipinski definition) is 4. The quantitative estimate of drug-likeness (QED) is 0.690. The summed E-state index contributed by atoms with van der Waals surface area (Å²) in [5, 5.41) is 7.49. The van der Waals surface area contributed by atoms with Crippen LogP contribution in [0.25, 0.3) is 0 Å². The minimum atomic E-state index is 0.326. The smallest absolute Gasteiger partial charge is 0.226 e. The Morgan fingerprint density at radius 2 is 1.95 bits per heavy atom. The highest BCUT2D eigenvalue weighted by atomic mass is 16.5. The highest BCUT2D eigenvalue weighted by Gasteiger charge is 2.21. The lowest BCUT2D eigenvalue weighted by atomic mass is 10.1. The zero-order valence-corrected chi connectivity index (χ0v) is 12.2. The standard InChI is InChI=1S/C15H27N3O/c1-2-3-4-5-6-7-8-11-14-17-15(18-19-14)13-10-9-12-16-13/h13,16H,2-12H2,1H3. The first-order chi connectivity index (χ1) is 9.40. The molecule has 1 aliphatic rings. The van der Waals surface area contributed by atoms with E-state index in [1.54, 1.807) is 0 Å². The molecule has 0 saturated carbocycles. The lowest BCUT2D eigenvalue weighted by Crippen LogP contribution is -2.14. The molecule has 4 heteroatoms. The van der Waals surface area contributed by atoms with Gasteiger partial charge in [0.05, 0.1) is 6.04 Å². The maximum absolute atomic E-state index is 5.32. The molecule has 0 spiro atoms. The molecule has 2 rings (SSSR count). The summed E-state index contributed by atoms with van der Waals surface area (Å²) in [7, 11) is 0. The Morgan fingerprint density at radius 1 is 1.16 bits per heavy atom. The lowest BCUT2D eigenvalue weighted by Gasteiger charge is -2.01. The fourth-order valence-corrected chi connectivity index (χ4v) is 2.65. The van der Waals surface area contributed by atoms with Crippen molar-refractivity contribution < 1.29 is 4.52 Å². The van der Waals surface area contributed by atoms with Gasteiger partial charge in [-0.3, -0.25) is 0 Å². The van der Waals surface area contributed by atoms with Gasteiger partial charge in [-0.2, -0.15) is 4.98 Å². The van der Waals surface area contributed by atoms with E-state index < -0.39 is 0 Å². The number of hydrogen-bond donors (Lipinski definition) is 1. The van der Waals surface area contributed by atoms with Crippen LogP contribution in [0.1, 0.15) is 82.5 Å². The van der Waals surface area contributed by atoms with E-state index in [1.165, 1.54) is 51.4 Å². The van der Waals surface area contributed by atoms with E-state index in [9.17, 15) is 0 Å². The molecule has 1 aliphatic heterocycles. The van der Waals surface area contributed by atoms with Gasteiger partial charge in [0.2, 0.25) is 5.89 Å². The van der Waals surface area contributed by atoms with Gasteiger partial charge in [-0.15, -0.1) is 0 Å². The second-order valence-corrected chi connectivity index (χ2v) is 5.57. The Bertz CT molecular complexity index is 345. The van der Waals surface area contributed by atoms with Crippen molar-refractivity contribution in [3.8, 4) is 0 Å². The summed E-state index contributed by atoms with van der Waals surface area (Å²) >= 11 is 0. The Hall–Kier alpha value is -0.900. The van der Waals surface area contributed by atoms with Gasteiger partial charge in [0, 0.05) is 6.42 Å². The first kappa shape index (κ1) is 14.5. The zero-order valence-electron chi connectivity index (χ0n) is 12.2. The van der Waals surface area contributed by atoms with Crippen LogP contribution >= 0.6 is 0 Å². The van der Waals surface area contributed by atoms with Crippen molar-refractivity contribution in [2.75, 3.05) is 6.54 Å². The number of aryl methyl sites for hydroxylation is 1. The van der Waals surface area contributed by atoms with Gasteiger partial charge in [0.25, 0.3) is 0 Å². The first-order valence-electron chi connectivity index (χ1n) is 7.96. The van der Waals surface area contributed by atoms with Crippen molar-refractivity contribution >= 4 is 0 Å². The number of aromatic nitrogens is 2. The fourth-order valence-electron chi connectivity index (χ4n) is 2.65. The Kier molecular flexibility index (Phi) is 6.34. The molecule has 0 aromatic carbocycles. The topological polar surface area (TPSA) is 51.0 Å². The van der Waals surface area contributed by atoms with Crippen LogP contribution in [0.3, 0.4) is 0 Å². The Morgan fingerprint density at radius 3 is 2.68 bits per heavy atom. The van der Waals surface area contributed by atoms with Crippen molar-refractivity contribution in [3.05, 3.63) is 11.7 Å². The largest absolute Gasteiger partial charge is 0.339 e. The maximum atomic E-state index is 5.32. The molecule has 1 unspecified atom stereocenters. The number of nitrogens with one attached hydrogen (secondary N) is 1. The summed E-state index contributed by atoms with van der Waals surface area (Å²) in [5.41, 5.74) is 0. The van der Waals surface area contributed by atoms with E-state index in [2.05, 4.69) is 22.4 Å². The molecule has 19 heavy (non-hydrogen) atoms. The van der Waals surface area contributed by atoms with E-state index in [0.29, 0.717) is 6.04 Å². The molecule has 1 atom stereocenters. The molecule has 1 aromatic heterocycles. The molecule has 1 N–H and O–H groups in total. The van der Waals surface area contributed by atoms with Gasteiger partial charge in [-0.25, -0.2) is 0 Å². The van der Waals surface area contributed by atoms with Crippen LogP contribution in [0.2, 0.25) is 0 Å². The van der Waals surface area contributed by atoms with Gasteiger partial charge in [-0.1, -0.05) is 50.6 Å². The minimum absolute atomic E-state index is 0.326. The van der Waals surface area contributed by atoms with E-state index in [4.69, 9.17) is 4.52 Å². The molecule has 2 heterocycles. The predicted molar refractivity (Wildman–Crippen MR) is 76.0 cm³/mol. The number of nitrogens with zero attached hydrogens (tertiary/aromatic N) is 2. The van der Waals surface area contributed by atoms with Crippen molar-refractivity contribution in [2.45, 2.75) is 77.2 Å². The van der Waals surface area contributed by atoms with Gasteiger partial charge < -0.3 is 9.84 Å². The predicted octanol–water partition coefficient (Wildman–Crippen LogP) is 3.79. The molecule has 1 aromatic rings. The first-order valence-corrected chi connectivity index (χ1v) is 7.96. The Labute approximate surface area is 116 Å². The highest BCUT2D eigenvalue weighted by molar-refractivity contribution is 4.96. The van der Waals surface area contributed by atoms with Crippen molar-refractivity contribution in [2.24, 2.45) is 0 Å². The molecule has 4 nitrogen and oxygen atoms in total. The third kappa shape index (κ3) is 4.94. The van der Waals surface area contributed by atoms with E-state index in [-0.39, 0.29) is 0 Å². The van der Waals surface area contributed by atoms with Gasteiger partial charge in [0.15, 0.2) is 5.82 Å². The lowest BCUT2D eigenvalue weighted by molar-refractivity contribution is 0.363. The summed E-state index contributed by atoms with van der Waals surface area (Å²) < 4.78 is 5.32. The zero-order chi connectivity index (χ0) is 13.3. The van der Waals surface area contributed by atoms with Gasteiger partial charge >= 0.3 is 0 Å². The van der Waals surface area contributed by atoms with E-state index in [0.717, 1.165) is 31.1 Å². The molecule has 1 fully saturated rings. The van der Waals surface area contributed by atoms with Gasteiger partial charge in [-0.05, 0) is 25.8 Å². The third-order valence-electron chi connectivity index (χ3n) is 3.85. The fraction of sp³-hybridized carbons (Fsp3) is 0.867. The van der Waals surface area contributed by atoms with Crippen molar-refractivity contribution in [1.82, 2.24) is 15.5 Å². The number of rotatable bonds is 9. The molecule has 0 aliphatic carbocycles. The van der Waals surface area contributed by atoms with E-state index >= 15 is 0 Å². The summed E-state index contributed by atoms with van der Waals surface area (Å²) in [6, 6.07) is 0.326. The summed E-state index contributed by atoms with van der Waals surface area (Å²) in [6.45, 7) is 3.33. The van der Waals surface area contributed by atoms with Crippen molar-refractivity contribution in [3.63, 3.8) is 0 Å². The molecule has 0 radical (unpaired) electrons. The second-order valence-electron chi connectivity index (χ2n) is 5.57. The summed E-state index contributed by atoms with van der Waals surface area (Å²) in [6.07, 6.45) is 12.5. The average Bonchev–Trinajstić information content (AvgIpc) is 3.08. The maximum Gasteiger partial charge on any atom is 0.226 e. The van der Waals surface area contributed by atoms with E-state index in [1.807, 2.05) is 0 Å². The molecular weight excluding hydrogens is 238 g/mol. The van der Waals surface area contributed by atoms with Crippen LogP contribution in [-0.4, -0.2) is 16.7 Å². The molecule has 0 bridgehead atoms. The van der Waals surface area contributed by atoms with Crippen molar-refractivity contribution in [1.29, 1.82) is 0 Å². The van der Waals surface area contributed by atoms with Crippen LogP contribution in [-0.2, 0) is 6.42 Å². The van der Waals surface area contributed by atoms with Crippen LogP contribution in [0, 0.1) is 0 Å². The number of unbranched alkanes of at least 4 members (excludes halogenated alkanes) is 6. The normalized spacial score (nSPS) is 19.1. The molecular formula is C15H27N3O. The Balaban J connectivity index is 1.58. The van der Waals surface area contributed by atoms with Crippen LogP contribution < -0.4 is 5.32 Å². The molecule has 1 saturated heterocycles. The van der Waals surface area contributed by atoms with Crippen LogP contribution in [0.15, 0.2) is 4.52 Å². The average molecular weight is 265 g/mol. The highest BCUT2D eigenvalue weighted by Crippen LogP contribution is 2.20. The summed E-state index contributed by atoms with van der Waals surface area (Å²) in [4.78, 5) is 4.50. The SMILES string of the molecule is CCCCCCCCCc1nc(C2CCCN2)no1. The molecule has 108 valence electrons. The molecule has 0 amide bonds. The third-order valence-corrected chi connectivity index (χ3v) is 3.85. The van der Waals surface area contributed by atoms with Crippen LogP contribution in [0.4, 0.5) is 0 Å². The second kappa shape index (κ2) is 8.31.